The van der Waals surface area contributed by atoms with E-state index in [0.717, 1.165) is 23.3 Å². The van der Waals surface area contributed by atoms with E-state index >= 15 is 0 Å². The average Bonchev–Trinajstić information content (AvgIpc) is 2.79. The molecule has 0 radical (unpaired) electrons. The molecule has 0 fully saturated rings. The fourth-order valence-corrected chi connectivity index (χ4v) is 2.93. The zero-order valence-electron chi connectivity index (χ0n) is 10.9. The second kappa shape index (κ2) is 6.68. The zero-order chi connectivity index (χ0) is 14.5. The van der Waals surface area contributed by atoms with Crippen LogP contribution in [0.3, 0.4) is 0 Å². The van der Waals surface area contributed by atoms with E-state index in [1.165, 1.54) is 11.8 Å². The van der Waals surface area contributed by atoms with Crippen molar-refractivity contribution in [1.82, 2.24) is 9.55 Å². The minimum Gasteiger partial charge on any atom is -0.481 e. The van der Waals surface area contributed by atoms with Gasteiger partial charge in [-0.3, -0.25) is 4.79 Å². The first-order valence-corrected chi connectivity index (χ1v) is 8.27. The first kappa shape index (κ1) is 14.8. The molecule has 0 aliphatic heterocycles. The van der Waals surface area contributed by atoms with Gasteiger partial charge in [0.15, 0.2) is 5.16 Å². The first-order chi connectivity index (χ1) is 9.65. The zero-order valence-corrected chi connectivity index (χ0v) is 12.5. The number of aryl methyl sites for hydroxylation is 1. The van der Waals surface area contributed by atoms with Gasteiger partial charge in [-0.05, 0) is 24.5 Å². The van der Waals surface area contributed by atoms with Crippen LogP contribution in [0.1, 0.15) is 5.56 Å². The van der Waals surface area contributed by atoms with E-state index in [4.69, 9.17) is 10.4 Å². The van der Waals surface area contributed by atoms with Crippen molar-refractivity contribution in [3.05, 3.63) is 23.8 Å². The summed E-state index contributed by atoms with van der Waals surface area (Å²) in [6.45, 7) is 0.745. The Kier molecular flexibility index (Phi) is 4.93. The van der Waals surface area contributed by atoms with E-state index in [1.54, 1.807) is 30.0 Å². The molecule has 104 valence electrons. The van der Waals surface area contributed by atoms with Crippen molar-refractivity contribution < 1.29 is 9.90 Å². The molecule has 0 saturated heterocycles. The molecule has 0 aliphatic carbocycles. The minimum absolute atomic E-state index is 0.0201. The molecule has 1 aromatic heterocycles. The van der Waals surface area contributed by atoms with Crippen LogP contribution in [0.2, 0.25) is 0 Å². The predicted molar refractivity (Wildman–Crippen MR) is 81.2 cm³/mol. The van der Waals surface area contributed by atoms with E-state index in [9.17, 15) is 4.79 Å². The molecule has 1 N–H and O–H groups in total. The van der Waals surface area contributed by atoms with Crippen LogP contribution in [-0.4, -0.2) is 38.4 Å². The van der Waals surface area contributed by atoms with E-state index in [2.05, 4.69) is 11.1 Å². The molecule has 0 bridgehead atoms. The third kappa shape index (κ3) is 3.26. The summed E-state index contributed by atoms with van der Waals surface area (Å²) in [6.07, 6.45) is 2.02. The molecule has 0 aliphatic rings. The Labute approximate surface area is 125 Å². The lowest BCUT2D eigenvalue weighted by Crippen LogP contribution is -2.05. The maximum Gasteiger partial charge on any atom is 0.313 e. The molecule has 0 saturated carbocycles. The topological polar surface area (TPSA) is 78.9 Å². The number of nitriles is 1. The smallest absolute Gasteiger partial charge is 0.313 e. The van der Waals surface area contributed by atoms with Gasteiger partial charge in [0.05, 0.1) is 28.4 Å². The molecular weight excluding hydrogens is 294 g/mol. The number of fused-ring (bicyclic) bond motifs is 1. The number of hydrogen-bond donors (Lipinski definition) is 1. The van der Waals surface area contributed by atoms with Gasteiger partial charge in [-0.1, -0.05) is 11.8 Å². The summed E-state index contributed by atoms with van der Waals surface area (Å²) in [5.74, 6) is 0.0208. The Bertz CT molecular complexity index is 676. The van der Waals surface area contributed by atoms with E-state index in [1.807, 2.05) is 10.8 Å². The van der Waals surface area contributed by atoms with Crippen molar-refractivity contribution in [3.8, 4) is 6.07 Å². The van der Waals surface area contributed by atoms with Crippen LogP contribution in [0.5, 0.6) is 0 Å². The van der Waals surface area contributed by atoms with Gasteiger partial charge in [0.2, 0.25) is 0 Å². The van der Waals surface area contributed by atoms with E-state index < -0.39 is 5.97 Å². The highest BCUT2D eigenvalue weighted by atomic mass is 32.2. The fourth-order valence-electron chi connectivity index (χ4n) is 1.81. The van der Waals surface area contributed by atoms with Crippen molar-refractivity contribution in [1.29, 1.82) is 5.26 Å². The van der Waals surface area contributed by atoms with Crippen LogP contribution in [0.4, 0.5) is 0 Å². The molecule has 0 amide bonds. The largest absolute Gasteiger partial charge is 0.481 e. The van der Waals surface area contributed by atoms with Crippen molar-refractivity contribution in [2.45, 2.75) is 11.7 Å². The van der Waals surface area contributed by atoms with Gasteiger partial charge in [0, 0.05) is 12.3 Å². The van der Waals surface area contributed by atoms with Gasteiger partial charge in [-0.15, -0.1) is 0 Å². The van der Waals surface area contributed by atoms with Crippen LogP contribution in [0.25, 0.3) is 11.0 Å². The number of benzene rings is 1. The highest BCUT2D eigenvalue weighted by Crippen LogP contribution is 2.25. The summed E-state index contributed by atoms with van der Waals surface area (Å²) in [4.78, 5) is 15.2. The average molecular weight is 307 g/mol. The minimum atomic E-state index is -0.865. The molecule has 1 heterocycles. The lowest BCUT2D eigenvalue weighted by Gasteiger charge is -2.07. The van der Waals surface area contributed by atoms with Crippen molar-refractivity contribution in [2.75, 3.05) is 17.8 Å². The third-order valence-electron chi connectivity index (χ3n) is 2.69. The van der Waals surface area contributed by atoms with E-state index in [-0.39, 0.29) is 5.75 Å². The van der Waals surface area contributed by atoms with Crippen molar-refractivity contribution in [2.24, 2.45) is 0 Å². The number of thioether (sulfide) groups is 2. The van der Waals surface area contributed by atoms with Crippen LogP contribution in [0, 0.1) is 11.3 Å². The Morgan fingerprint density at radius 2 is 2.35 bits per heavy atom. The number of carboxylic acids is 1. The van der Waals surface area contributed by atoms with Gasteiger partial charge in [-0.25, -0.2) is 4.98 Å². The Morgan fingerprint density at radius 3 is 3.00 bits per heavy atom. The molecule has 5 nitrogen and oxygen atoms in total. The van der Waals surface area contributed by atoms with Crippen molar-refractivity contribution >= 4 is 40.5 Å². The maximum atomic E-state index is 10.7. The van der Waals surface area contributed by atoms with Crippen LogP contribution < -0.4 is 0 Å². The molecule has 2 rings (SSSR count). The summed E-state index contributed by atoms with van der Waals surface area (Å²) in [5.41, 5.74) is 2.25. The van der Waals surface area contributed by atoms with Crippen LogP contribution in [-0.2, 0) is 11.3 Å². The second-order valence-electron chi connectivity index (χ2n) is 4.04. The van der Waals surface area contributed by atoms with Crippen LogP contribution in [0.15, 0.2) is 23.4 Å². The molecule has 0 spiro atoms. The summed E-state index contributed by atoms with van der Waals surface area (Å²) in [7, 11) is 0. The Hall–Kier alpha value is -1.65. The molecule has 0 atom stereocenters. The van der Waals surface area contributed by atoms with E-state index in [0.29, 0.717) is 10.7 Å². The molecule has 0 unspecified atom stereocenters. The lowest BCUT2D eigenvalue weighted by molar-refractivity contribution is -0.133. The molecule has 7 heteroatoms. The highest BCUT2D eigenvalue weighted by Gasteiger charge is 2.13. The fraction of sp³-hybridized carbons (Fsp3) is 0.308. The normalized spacial score (nSPS) is 10.6. The molecule has 2 aromatic rings. The van der Waals surface area contributed by atoms with Gasteiger partial charge >= 0.3 is 5.97 Å². The monoisotopic (exact) mass is 307 g/mol. The number of hydrogen-bond acceptors (Lipinski definition) is 5. The number of aliphatic carboxylic acids is 1. The standard InChI is InChI=1S/C13H13N3O2S2/c1-19-5-4-16-11-6-9(7-14)2-3-10(11)15-13(16)20-8-12(17)18/h2-3,6H,4-5,8H2,1H3,(H,17,18). The van der Waals surface area contributed by atoms with Crippen LogP contribution >= 0.6 is 23.5 Å². The highest BCUT2D eigenvalue weighted by molar-refractivity contribution is 7.99. The molecule has 20 heavy (non-hydrogen) atoms. The second-order valence-corrected chi connectivity index (χ2v) is 5.96. The SMILES string of the molecule is CSCCn1c(SCC(=O)O)nc2ccc(C#N)cc21. The predicted octanol–water partition coefficient (Wildman–Crippen LogP) is 2.45. The van der Waals surface area contributed by atoms with Gasteiger partial charge in [0.25, 0.3) is 0 Å². The summed E-state index contributed by atoms with van der Waals surface area (Å²) >= 11 is 2.92. The van der Waals surface area contributed by atoms with Gasteiger partial charge in [0.1, 0.15) is 0 Å². The molecule has 1 aromatic carbocycles. The Balaban J connectivity index is 2.44. The quantitative estimate of drug-likeness (QED) is 0.826. The summed E-state index contributed by atoms with van der Waals surface area (Å²) < 4.78 is 1.99. The number of nitrogens with zero attached hydrogens (tertiary/aromatic N) is 3. The maximum absolute atomic E-state index is 10.7. The number of rotatable bonds is 6. The van der Waals surface area contributed by atoms with Gasteiger partial charge < -0.3 is 9.67 Å². The Morgan fingerprint density at radius 1 is 1.55 bits per heavy atom. The number of imidazole rings is 1. The third-order valence-corrected chi connectivity index (χ3v) is 4.24. The number of carboxylic acid groups (broad SMARTS) is 1. The lowest BCUT2D eigenvalue weighted by atomic mass is 10.2. The summed E-state index contributed by atoms with van der Waals surface area (Å²) in [6, 6.07) is 7.44. The number of carbonyl (C=O) groups is 1. The van der Waals surface area contributed by atoms with Gasteiger partial charge in [-0.2, -0.15) is 17.0 Å². The first-order valence-electron chi connectivity index (χ1n) is 5.89. The van der Waals surface area contributed by atoms with Crippen molar-refractivity contribution in [3.63, 3.8) is 0 Å². The molecular formula is C13H13N3O2S2. The summed E-state index contributed by atoms with van der Waals surface area (Å²) in [5, 5.41) is 18.5. The number of aromatic nitrogens is 2.